The van der Waals surface area contributed by atoms with Gasteiger partial charge in [0.25, 0.3) is 5.78 Å². The number of carbonyl (C=O) groups is 3. The number of aromatic nitrogens is 1. The summed E-state index contributed by atoms with van der Waals surface area (Å²) in [5.74, 6) is -2.13. The molecular weight excluding hydrogens is 288 g/mol. The lowest BCUT2D eigenvalue weighted by Gasteiger charge is -2.18. The zero-order chi connectivity index (χ0) is 16.9. The van der Waals surface area contributed by atoms with Crippen molar-refractivity contribution >= 4 is 23.3 Å². The summed E-state index contributed by atoms with van der Waals surface area (Å²) in [6.07, 6.45) is 0. The van der Waals surface area contributed by atoms with Gasteiger partial charge >= 0.3 is 5.97 Å². The Hall–Kier alpha value is -2.44. The van der Waals surface area contributed by atoms with Crippen LogP contribution in [0, 0.1) is 5.41 Å². The number of Topliss-reactive ketones (excluding diaryl/α,β-unsaturated/α-hetero) is 1. The second kappa shape index (κ2) is 7.02. The van der Waals surface area contributed by atoms with E-state index in [1.54, 1.807) is 27.7 Å². The quantitative estimate of drug-likeness (QED) is 0.506. The van der Waals surface area contributed by atoms with Gasteiger partial charge in [0, 0.05) is 11.5 Å². The summed E-state index contributed by atoms with van der Waals surface area (Å²) < 4.78 is 9.62. The summed E-state index contributed by atoms with van der Waals surface area (Å²) in [6.45, 7) is 6.84. The van der Waals surface area contributed by atoms with Gasteiger partial charge in [0.05, 0.1) is 19.4 Å². The number of nitrogens with zero attached hydrogens (tertiary/aromatic N) is 1. The first-order valence-electron chi connectivity index (χ1n) is 6.78. The van der Waals surface area contributed by atoms with Gasteiger partial charge in [-0.05, 0) is 13.0 Å². The molecule has 0 aliphatic carbocycles. The van der Waals surface area contributed by atoms with Gasteiger partial charge in [-0.15, -0.1) is 0 Å². The Labute approximate surface area is 129 Å². The molecule has 1 rings (SSSR count). The van der Waals surface area contributed by atoms with E-state index < -0.39 is 17.2 Å². The van der Waals surface area contributed by atoms with Gasteiger partial charge in [0.2, 0.25) is 11.8 Å². The van der Waals surface area contributed by atoms with E-state index in [0.717, 1.165) is 0 Å². The lowest BCUT2D eigenvalue weighted by atomic mass is 9.95. The molecule has 1 aromatic heterocycles. The van der Waals surface area contributed by atoms with Crippen LogP contribution >= 0.6 is 0 Å². The fourth-order valence-electron chi connectivity index (χ4n) is 1.43. The minimum atomic E-state index is -1.03. The molecule has 0 spiro atoms. The number of rotatable bonds is 5. The van der Waals surface area contributed by atoms with E-state index in [9.17, 15) is 14.4 Å². The van der Waals surface area contributed by atoms with Gasteiger partial charge in [-0.2, -0.15) is 0 Å². The molecule has 7 nitrogen and oxygen atoms in total. The molecule has 0 aliphatic rings. The number of ketones is 1. The van der Waals surface area contributed by atoms with Gasteiger partial charge in [-0.3, -0.25) is 9.59 Å². The minimum absolute atomic E-state index is 0.0677. The third kappa shape index (κ3) is 4.28. The number of methoxy groups -OCH3 is 1. The smallest absolute Gasteiger partial charge is 0.381 e. The van der Waals surface area contributed by atoms with Crippen molar-refractivity contribution in [2.75, 3.05) is 19.0 Å². The molecule has 1 N–H and O–H groups in total. The number of esters is 1. The average molecular weight is 308 g/mol. The van der Waals surface area contributed by atoms with Crippen LogP contribution in [0.2, 0.25) is 0 Å². The third-order valence-corrected chi connectivity index (χ3v) is 2.68. The Morgan fingerprint density at radius 2 is 1.86 bits per heavy atom. The predicted octanol–water partition coefficient (Wildman–Crippen LogP) is 1.82. The molecule has 0 unspecified atom stereocenters. The number of nitrogens with one attached hydrogen (secondary N) is 1. The van der Waals surface area contributed by atoms with Crippen LogP contribution < -0.4 is 10.1 Å². The second-order valence-corrected chi connectivity index (χ2v) is 5.50. The van der Waals surface area contributed by atoms with E-state index in [1.165, 1.54) is 19.2 Å². The van der Waals surface area contributed by atoms with Crippen LogP contribution in [0.5, 0.6) is 5.88 Å². The van der Waals surface area contributed by atoms with Crippen LogP contribution in [0.1, 0.15) is 38.2 Å². The Morgan fingerprint density at radius 3 is 2.36 bits per heavy atom. The molecule has 7 heteroatoms. The summed E-state index contributed by atoms with van der Waals surface area (Å²) in [4.78, 5) is 39.7. The maximum Gasteiger partial charge on any atom is 0.381 e. The standard InChI is InChI=1S/C15H20N2O5/c1-6-22-13(19)12(18)11-9(7-8-10(17-11)21-5)16-14(20)15(2,3)4/h7-8H,6H2,1-5H3,(H,16,20). The molecule has 0 saturated heterocycles. The topological polar surface area (TPSA) is 94.6 Å². The maximum absolute atomic E-state index is 12.1. The minimum Gasteiger partial charge on any atom is -0.481 e. The van der Waals surface area contributed by atoms with E-state index in [-0.39, 0.29) is 29.8 Å². The summed E-state index contributed by atoms with van der Waals surface area (Å²) in [5, 5.41) is 2.59. The van der Waals surface area contributed by atoms with E-state index in [4.69, 9.17) is 4.74 Å². The number of anilines is 1. The number of carbonyl (C=O) groups excluding carboxylic acids is 3. The number of pyridine rings is 1. The largest absolute Gasteiger partial charge is 0.481 e. The Bertz CT molecular complexity index is 590. The van der Waals surface area contributed by atoms with Crippen molar-refractivity contribution < 1.29 is 23.9 Å². The number of hydrogen-bond acceptors (Lipinski definition) is 6. The van der Waals surface area contributed by atoms with E-state index in [1.807, 2.05) is 0 Å². The molecule has 0 fully saturated rings. The predicted molar refractivity (Wildman–Crippen MR) is 79.8 cm³/mol. The number of hydrogen-bond donors (Lipinski definition) is 1. The lowest BCUT2D eigenvalue weighted by Crippen LogP contribution is -2.29. The molecule has 120 valence electrons. The molecule has 0 aromatic carbocycles. The zero-order valence-electron chi connectivity index (χ0n) is 13.4. The lowest BCUT2D eigenvalue weighted by molar-refractivity contribution is -0.137. The highest BCUT2D eigenvalue weighted by Crippen LogP contribution is 2.22. The van der Waals surface area contributed by atoms with Crippen LogP contribution in [-0.4, -0.2) is 36.4 Å². The molecule has 0 bridgehead atoms. The van der Waals surface area contributed by atoms with Crippen LogP contribution in [0.25, 0.3) is 0 Å². The van der Waals surface area contributed by atoms with Crippen molar-refractivity contribution in [3.63, 3.8) is 0 Å². The van der Waals surface area contributed by atoms with Crippen LogP contribution in [-0.2, 0) is 14.3 Å². The van der Waals surface area contributed by atoms with Gasteiger partial charge in [0.1, 0.15) is 5.69 Å². The van der Waals surface area contributed by atoms with Gasteiger partial charge in [-0.25, -0.2) is 9.78 Å². The molecule has 1 aromatic rings. The van der Waals surface area contributed by atoms with E-state index in [0.29, 0.717) is 0 Å². The monoisotopic (exact) mass is 308 g/mol. The van der Waals surface area contributed by atoms with Crippen LogP contribution in [0.3, 0.4) is 0 Å². The average Bonchev–Trinajstić information content (AvgIpc) is 2.46. The second-order valence-electron chi connectivity index (χ2n) is 5.50. The van der Waals surface area contributed by atoms with Crippen LogP contribution in [0.4, 0.5) is 5.69 Å². The molecule has 22 heavy (non-hydrogen) atoms. The molecular formula is C15H20N2O5. The van der Waals surface area contributed by atoms with Crippen LogP contribution in [0.15, 0.2) is 12.1 Å². The van der Waals surface area contributed by atoms with Gasteiger partial charge < -0.3 is 14.8 Å². The van der Waals surface area contributed by atoms with E-state index >= 15 is 0 Å². The van der Waals surface area contributed by atoms with Crippen molar-refractivity contribution in [2.24, 2.45) is 5.41 Å². The summed E-state index contributed by atoms with van der Waals surface area (Å²) in [5.41, 5.74) is -0.737. The first kappa shape index (κ1) is 17.6. The van der Waals surface area contributed by atoms with Gasteiger partial charge in [-0.1, -0.05) is 20.8 Å². The van der Waals surface area contributed by atoms with Crippen molar-refractivity contribution in [1.29, 1.82) is 0 Å². The Morgan fingerprint density at radius 1 is 1.23 bits per heavy atom. The highest BCUT2D eigenvalue weighted by atomic mass is 16.5. The van der Waals surface area contributed by atoms with E-state index in [2.05, 4.69) is 15.0 Å². The fraction of sp³-hybridized carbons (Fsp3) is 0.467. The molecule has 0 aliphatic heterocycles. The highest BCUT2D eigenvalue weighted by molar-refractivity contribution is 6.41. The molecule has 0 radical (unpaired) electrons. The summed E-state index contributed by atoms with van der Waals surface area (Å²) >= 11 is 0. The number of ether oxygens (including phenoxy) is 2. The van der Waals surface area contributed by atoms with Crippen molar-refractivity contribution in [3.05, 3.63) is 17.8 Å². The molecule has 1 amide bonds. The SMILES string of the molecule is CCOC(=O)C(=O)c1nc(OC)ccc1NC(=O)C(C)(C)C. The maximum atomic E-state index is 12.1. The Kier molecular flexibility index (Phi) is 5.62. The van der Waals surface area contributed by atoms with Crippen molar-refractivity contribution in [2.45, 2.75) is 27.7 Å². The molecule has 1 heterocycles. The zero-order valence-corrected chi connectivity index (χ0v) is 13.4. The number of amides is 1. The Balaban J connectivity index is 3.20. The molecule has 0 saturated carbocycles. The van der Waals surface area contributed by atoms with Gasteiger partial charge in [0.15, 0.2) is 0 Å². The summed E-state index contributed by atoms with van der Waals surface area (Å²) in [6, 6.07) is 2.95. The van der Waals surface area contributed by atoms with Crippen molar-refractivity contribution in [1.82, 2.24) is 4.98 Å². The normalized spacial score (nSPS) is 10.8. The highest BCUT2D eigenvalue weighted by Gasteiger charge is 2.27. The first-order chi connectivity index (χ1) is 10.2. The first-order valence-corrected chi connectivity index (χ1v) is 6.78. The fourth-order valence-corrected chi connectivity index (χ4v) is 1.43. The molecule has 0 atom stereocenters. The summed E-state index contributed by atoms with van der Waals surface area (Å²) in [7, 11) is 1.38. The third-order valence-electron chi connectivity index (χ3n) is 2.68. The van der Waals surface area contributed by atoms with Crippen molar-refractivity contribution in [3.8, 4) is 5.88 Å².